The van der Waals surface area contributed by atoms with E-state index >= 15 is 0 Å². The number of rotatable bonds is 5. The van der Waals surface area contributed by atoms with Crippen LogP contribution in [-0.4, -0.2) is 24.7 Å². The molecule has 0 saturated carbocycles. The van der Waals surface area contributed by atoms with E-state index in [-0.39, 0.29) is 0 Å². The minimum atomic E-state index is 0.568. The van der Waals surface area contributed by atoms with Gasteiger partial charge in [-0.15, -0.1) is 11.3 Å². The van der Waals surface area contributed by atoms with E-state index < -0.39 is 0 Å². The normalized spacial score (nSPS) is 11.1. The standard InChI is InChI=1S/C12H14N6OS/c1-18-7-14-5-9(18)11-16-10(19-17-11)4-2-3-8-6-20-12(13)15-8/h5-7H,2-4H2,1H3,(H2,13,15). The highest BCUT2D eigenvalue weighted by molar-refractivity contribution is 7.13. The second-order valence-corrected chi connectivity index (χ2v) is 5.32. The van der Waals surface area contributed by atoms with E-state index in [4.69, 9.17) is 10.3 Å². The van der Waals surface area contributed by atoms with Gasteiger partial charge in [-0.3, -0.25) is 0 Å². The minimum Gasteiger partial charge on any atom is -0.375 e. The van der Waals surface area contributed by atoms with Crippen LogP contribution in [0.15, 0.2) is 22.4 Å². The van der Waals surface area contributed by atoms with Crippen molar-refractivity contribution in [2.24, 2.45) is 7.05 Å². The van der Waals surface area contributed by atoms with Gasteiger partial charge >= 0.3 is 0 Å². The number of anilines is 1. The smallest absolute Gasteiger partial charge is 0.227 e. The van der Waals surface area contributed by atoms with Crippen LogP contribution in [0.2, 0.25) is 0 Å². The predicted octanol–water partition coefficient (Wildman–Crippen LogP) is 1.68. The summed E-state index contributed by atoms with van der Waals surface area (Å²) in [6.45, 7) is 0. The molecule has 0 spiro atoms. The maximum absolute atomic E-state index is 5.59. The van der Waals surface area contributed by atoms with E-state index in [0.29, 0.717) is 16.8 Å². The van der Waals surface area contributed by atoms with Crippen LogP contribution >= 0.6 is 11.3 Å². The number of thiazole rings is 1. The molecule has 0 atom stereocenters. The summed E-state index contributed by atoms with van der Waals surface area (Å²) in [5.74, 6) is 1.20. The number of aromatic nitrogens is 5. The summed E-state index contributed by atoms with van der Waals surface area (Å²) in [6, 6.07) is 0. The molecule has 104 valence electrons. The Balaban J connectivity index is 1.59. The molecule has 0 bridgehead atoms. The first kappa shape index (κ1) is 12.8. The maximum Gasteiger partial charge on any atom is 0.227 e. The Morgan fingerprint density at radius 3 is 2.95 bits per heavy atom. The van der Waals surface area contributed by atoms with Gasteiger partial charge in [-0.25, -0.2) is 9.97 Å². The highest BCUT2D eigenvalue weighted by Crippen LogP contribution is 2.16. The topological polar surface area (TPSA) is 95.7 Å². The van der Waals surface area contributed by atoms with E-state index in [9.17, 15) is 0 Å². The van der Waals surface area contributed by atoms with Crippen molar-refractivity contribution in [3.05, 3.63) is 29.5 Å². The Kier molecular flexibility index (Phi) is 3.46. The summed E-state index contributed by atoms with van der Waals surface area (Å²) < 4.78 is 7.10. The Morgan fingerprint density at radius 1 is 1.35 bits per heavy atom. The summed E-state index contributed by atoms with van der Waals surface area (Å²) in [5.41, 5.74) is 7.44. The predicted molar refractivity (Wildman–Crippen MR) is 75.1 cm³/mol. The molecule has 0 unspecified atom stereocenters. The zero-order valence-electron chi connectivity index (χ0n) is 11.0. The molecule has 0 amide bonds. The van der Waals surface area contributed by atoms with Gasteiger partial charge in [0.15, 0.2) is 5.13 Å². The van der Waals surface area contributed by atoms with Gasteiger partial charge in [0, 0.05) is 18.8 Å². The lowest BCUT2D eigenvalue weighted by Gasteiger charge is -1.94. The van der Waals surface area contributed by atoms with Crippen LogP contribution in [0, 0.1) is 0 Å². The zero-order chi connectivity index (χ0) is 13.9. The highest BCUT2D eigenvalue weighted by Gasteiger charge is 2.11. The lowest BCUT2D eigenvalue weighted by atomic mass is 10.2. The monoisotopic (exact) mass is 290 g/mol. The number of nitrogens with zero attached hydrogens (tertiary/aromatic N) is 5. The van der Waals surface area contributed by atoms with E-state index in [1.807, 2.05) is 17.0 Å². The number of hydrogen-bond donors (Lipinski definition) is 1. The fourth-order valence-electron chi connectivity index (χ4n) is 1.89. The number of nitrogens with two attached hydrogens (primary N) is 1. The second-order valence-electron chi connectivity index (χ2n) is 4.43. The fourth-order valence-corrected chi connectivity index (χ4v) is 2.49. The molecule has 3 aromatic heterocycles. The van der Waals surface area contributed by atoms with Crippen molar-refractivity contribution in [3.8, 4) is 11.5 Å². The van der Waals surface area contributed by atoms with Crippen molar-refractivity contribution in [3.63, 3.8) is 0 Å². The fraction of sp³-hybridized carbons (Fsp3) is 0.333. The molecular weight excluding hydrogens is 276 g/mol. The van der Waals surface area contributed by atoms with Gasteiger partial charge in [-0.1, -0.05) is 5.16 Å². The molecule has 3 heterocycles. The molecule has 3 rings (SSSR count). The van der Waals surface area contributed by atoms with E-state index in [2.05, 4.69) is 20.1 Å². The van der Waals surface area contributed by atoms with Crippen molar-refractivity contribution < 1.29 is 4.52 Å². The molecule has 0 aliphatic rings. The largest absolute Gasteiger partial charge is 0.375 e. The summed E-state index contributed by atoms with van der Waals surface area (Å²) >= 11 is 1.46. The van der Waals surface area contributed by atoms with Crippen LogP contribution in [0.3, 0.4) is 0 Å². The number of nitrogen functional groups attached to an aromatic ring is 1. The first-order valence-electron chi connectivity index (χ1n) is 6.21. The van der Waals surface area contributed by atoms with Crippen LogP contribution in [0.1, 0.15) is 18.0 Å². The number of hydrogen-bond acceptors (Lipinski definition) is 7. The molecule has 20 heavy (non-hydrogen) atoms. The summed E-state index contributed by atoms with van der Waals surface area (Å²) in [4.78, 5) is 12.6. The quantitative estimate of drug-likeness (QED) is 0.768. The van der Waals surface area contributed by atoms with Gasteiger partial charge in [-0.2, -0.15) is 4.98 Å². The molecule has 0 radical (unpaired) electrons. The van der Waals surface area contributed by atoms with Crippen LogP contribution in [-0.2, 0) is 19.9 Å². The lowest BCUT2D eigenvalue weighted by Crippen LogP contribution is -1.93. The van der Waals surface area contributed by atoms with Crippen LogP contribution in [0.25, 0.3) is 11.5 Å². The van der Waals surface area contributed by atoms with E-state index in [1.54, 1.807) is 12.5 Å². The third-order valence-electron chi connectivity index (χ3n) is 2.91. The SMILES string of the molecule is Cn1cncc1-c1noc(CCCc2csc(N)n2)n1. The summed E-state index contributed by atoms with van der Waals surface area (Å²) in [7, 11) is 1.89. The first-order chi connectivity index (χ1) is 9.72. The maximum atomic E-state index is 5.59. The summed E-state index contributed by atoms with van der Waals surface area (Å²) in [5, 5.41) is 6.55. The molecule has 3 aromatic rings. The van der Waals surface area contributed by atoms with Gasteiger partial charge in [0.25, 0.3) is 0 Å². The molecule has 2 N–H and O–H groups in total. The molecule has 0 aliphatic carbocycles. The lowest BCUT2D eigenvalue weighted by molar-refractivity contribution is 0.375. The van der Waals surface area contributed by atoms with Crippen molar-refractivity contribution in [1.82, 2.24) is 24.7 Å². The van der Waals surface area contributed by atoms with Crippen molar-refractivity contribution in [1.29, 1.82) is 0 Å². The van der Waals surface area contributed by atoms with Gasteiger partial charge in [0.1, 0.15) is 5.69 Å². The Labute approximate surface area is 119 Å². The summed E-state index contributed by atoms with van der Waals surface area (Å²) in [6.07, 6.45) is 5.90. The second kappa shape index (κ2) is 5.41. The number of imidazole rings is 1. The molecule has 0 aromatic carbocycles. The van der Waals surface area contributed by atoms with Crippen molar-refractivity contribution >= 4 is 16.5 Å². The molecule has 7 nitrogen and oxygen atoms in total. The Bertz CT molecular complexity index is 700. The van der Waals surface area contributed by atoms with E-state index in [1.165, 1.54) is 11.3 Å². The Hall–Kier alpha value is -2.22. The molecule has 0 saturated heterocycles. The van der Waals surface area contributed by atoms with Crippen molar-refractivity contribution in [2.75, 3.05) is 5.73 Å². The molecular formula is C12H14N6OS. The molecule has 0 fully saturated rings. The van der Waals surface area contributed by atoms with Gasteiger partial charge in [0.05, 0.1) is 18.2 Å². The van der Waals surface area contributed by atoms with Crippen molar-refractivity contribution in [2.45, 2.75) is 19.3 Å². The first-order valence-corrected chi connectivity index (χ1v) is 7.09. The van der Waals surface area contributed by atoms with Gasteiger partial charge < -0.3 is 14.8 Å². The Morgan fingerprint density at radius 2 is 2.25 bits per heavy atom. The minimum absolute atomic E-state index is 0.568. The average molecular weight is 290 g/mol. The third kappa shape index (κ3) is 2.69. The van der Waals surface area contributed by atoms with Gasteiger partial charge in [0.2, 0.25) is 11.7 Å². The number of aryl methyl sites for hydroxylation is 3. The van der Waals surface area contributed by atoms with Crippen LogP contribution in [0.4, 0.5) is 5.13 Å². The zero-order valence-corrected chi connectivity index (χ0v) is 11.8. The van der Waals surface area contributed by atoms with Gasteiger partial charge in [-0.05, 0) is 12.8 Å². The van der Waals surface area contributed by atoms with Crippen LogP contribution in [0.5, 0.6) is 0 Å². The highest BCUT2D eigenvalue weighted by atomic mass is 32.1. The third-order valence-corrected chi connectivity index (χ3v) is 3.63. The van der Waals surface area contributed by atoms with Crippen LogP contribution < -0.4 is 5.73 Å². The molecule has 8 heteroatoms. The molecule has 0 aliphatic heterocycles. The van der Waals surface area contributed by atoms with E-state index in [0.717, 1.165) is 30.7 Å². The average Bonchev–Trinajstić information content (AvgIpc) is 3.11.